The van der Waals surface area contributed by atoms with E-state index in [1.54, 1.807) is 0 Å². The second kappa shape index (κ2) is 7.56. The van der Waals surface area contributed by atoms with Crippen molar-refractivity contribution in [2.75, 3.05) is 0 Å². The zero-order valence-electron chi connectivity index (χ0n) is 11.4. The van der Waals surface area contributed by atoms with E-state index in [1.807, 2.05) is 48.5 Å². The van der Waals surface area contributed by atoms with Crippen molar-refractivity contribution < 1.29 is 8.42 Å². The lowest BCUT2D eigenvalue weighted by molar-refractivity contribution is 0.594. The Morgan fingerprint density at radius 1 is 0.619 bits per heavy atom. The summed E-state index contributed by atoms with van der Waals surface area (Å²) in [6.07, 6.45) is 0. The molecule has 0 aliphatic heterocycles. The summed E-state index contributed by atoms with van der Waals surface area (Å²) in [6, 6.07) is 15.3. The van der Waals surface area contributed by atoms with E-state index in [0.717, 1.165) is 32.9 Å². The molecule has 0 bridgehead atoms. The molecule has 0 spiro atoms. The maximum Gasteiger partial charge on any atom is 0.158 e. The maximum absolute atomic E-state index is 12.3. The third kappa shape index (κ3) is 5.24. The molecule has 0 saturated heterocycles. The molecule has 2 rings (SSSR count). The van der Waals surface area contributed by atoms with Crippen LogP contribution in [0.25, 0.3) is 0 Å². The third-order valence-corrected chi connectivity index (χ3v) is 5.97. The number of hydrogen-bond donors (Lipinski definition) is 0. The molecule has 0 unspecified atom stereocenters. The molecule has 112 valence electrons. The number of alkyl halides is 2. The van der Waals surface area contributed by atoms with Gasteiger partial charge in [-0.2, -0.15) is 0 Å². The van der Waals surface area contributed by atoms with E-state index in [4.69, 9.17) is 0 Å². The summed E-state index contributed by atoms with van der Waals surface area (Å²) < 4.78 is 24.5. The van der Waals surface area contributed by atoms with E-state index in [-0.39, 0.29) is 11.5 Å². The predicted octanol–water partition coefficient (Wildman–Crippen LogP) is 4.59. The van der Waals surface area contributed by atoms with Gasteiger partial charge in [0.25, 0.3) is 0 Å². The molecule has 0 amide bonds. The second-order valence-electron chi connectivity index (χ2n) is 4.93. The minimum atomic E-state index is -3.15. The Morgan fingerprint density at radius 2 is 0.905 bits per heavy atom. The fourth-order valence-electron chi connectivity index (χ4n) is 2.01. The molecule has 0 aromatic heterocycles. The highest BCUT2D eigenvalue weighted by Gasteiger charge is 2.13. The fourth-order valence-corrected chi connectivity index (χ4v) is 4.26. The molecule has 2 aromatic carbocycles. The number of hydrogen-bond acceptors (Lipinski definition) is 2. The monoisotopic (exact) mass is 430 g/mol. The summed E-state index contributed by atoms with van der Waals surface area (Å²) in [6.45, 7) is 0. The normalized spacial score (nSPS) is 11.5. The molecular formula is C16H16Br2O2S. The first-order valence-electron chi connectivity index (χ1n) is 6.50. The van der Waals surface area contributed by atoms with Crippen molar-refractivity contribution in [3.05, 3.63) is 70.8 Å². The Kier molecular flexibility index (Phi) is 6.02. The molecule has 0 saturated carbocycles. The van der Waals surface area contributed by atoms with Crippen LogP contribution in [0.3, 0.4) is 0 Å². The smallest absolute Gasteiger partial charge is 0.158 e. The topological polar surface area (TPSA) is 34.1 Å². The van der Waals surface area contributed by atoms with Crippen molar-refractivity contribution in [3.63, 3.8) is 0 Å². The van der Waals surface area contributed by atoms with Crippen LogP contribution in [-0.4, -0.2) is 8.42 Å². The van der Waals surface area contributed by atoms with Crippen LogP contribution in [0.2, 0.25) is 0 Å². The minimum absolute atomic E-state index is 0.0791. The van der Waals surface area contributed by atoms with Crippen molar-refractivity contribution in [3.8, 4) is 0 Å². The van der Waals surface area contributed by atoms with E-state index < -0.39 is 9.84 Å². The summed E-state index contributed by atoms with van der Waals surface area (Å²) in [5.41, 5.74) is 3.94. The van der Waals surface area contributed by atoms with Gasteiger partial charge in [0.15, 0.2) is 9.84 Å². The molecule has 21 heavy (non-hydrogen) atoms. The van der Waals surface area contributed by atoms with Crippen LogP contribution in [0.5, 0.6) is 0 Å². The SMILES string of the molecule is O=S(=O)(Cc1ccc(CBr)cc1)Cc1ccc(CBr)cc1. The molecule has 0 aliphatic carbocycles. The first-order chi connectivity index (χ1) is 10.0. The molecule has 0 N–H and O–H groups in total. The van der Waals surface area contributed by atoms with Crippen LogP contribution in [-0.2, 0) is 32.0 Å². The van der Waals surface area contributed by atoms with Gasteiger partial charge >= 0.3 is 0 Å². The van der Waals surface area contributed by atoms with E-state index in [9.17, 15) is 8.42 Å². The zero-order valence-corrected chi connectivity index (χ0v) is 15.4. The summed E-state index contributed by atoms with van der Waals surface area (Å²) >= 11 is 6.76. The Balaban J connectivity index is 2.06. The Hall–Kier alpha value is -0.650. The molecular weight excluding hydrogens is 416 g/mol. The van der Waals surface area contributed by atoms with Gasteiger partial charge in [-0.15, -0.1) is 0 Å². The first-order valence-corrected chi connectivity index (χ1v) is 10.6. The molecule has 5 heteroatoms. The molecule has 2 aromatic rings. The van der Waals surface area contributed by atoms with E-state index in [1.165, 1.54) is 0 Å². The van der Waals surface area contributed by atoms with Crippen molar-refractivity contribution >= 4 is 41.7 Å². The van der Waals surface area contributed by atoms with Crippen molar-refractivity contribution in [2.24, 2.45) is 0 Å². The summed E-state index contributed by atoms with van der Waals surface area (Å²) in [5.74, 6) is 0.158. The van der Waals surface area contributed by atoms with E-state index in [0.29, 0.717) is 0 Å². The van der Waals surface area contributed by atoms with Gasteiger partial charge in [0.1, 0.15) is 0 Å². The molecule has 0 heterocycles. The third-order valence-electron chi connectivity index (χ3n) is 3.13. The van der Waals surface area contributed by atoms with Gasteiger partial charge in [-0.05, 0) is 22.3 Å². The zero-order chi connectivity index (χ0) is 15.3. The summed E-state index contributed by atoms with van der Waals surface area (Å²) in [4.78, 5) is 0. The molecule has 0 fully saturated rings. The number of halogens is 2. The molecule has 2 nitrogen and oxygen atoms in total. The van der Waals surface area contributed by atoms with Crippen LogP contribution in [0.1, 0.15) is 22.3 Å². The van der Waals surface area contributed by atoms with Crippen LogP contribution in [0, 0.1) is 0 Å². The number of sulfone groups is 1. The second-order valence-corrected chi connectivity index (χ2v) is 8.12. The van der Waals surface area contributed by atoms with Crippen LogP contribution in [0.4, 0.5) is 0 Å². The standard InChI is InChI=1S/C16H16Br2O2S/c17-9-13-1-5-15(6-2-13)11-21(19,20)12-16-7-3-14(10-18)4-8-16/h1-8H,9-12H2. The number of benzene rings is 2. The Morgan fingerprint density at radius 3 is 1.19 bits per heavy atom. The quantitative estimate of drug-likeness (QED) is 0.626. The fraction of sp³-hybridized carbons (Fsp3) is 0.250. The van der Waals surface area contributed by atoms with Gasteiger partial charge < -0.3 is 0 Å². The molecule has 0 radical (unpaired) electrons. The van der Waals surface area contributed by atoms with Crippen molar-refractivity contribution in [1.29, 1.82) is 0 Å². The predicted molar refractivity (Wildman–Crippen MR) is 94.5 cm³/mol. The highest BCUT2D eigenvalue weighted by Crippen LogP contribution is 2.15. The lowest BCUT2D eigenvalue weighted by Crippen LogP contribution is -2.07. The van der Waals surface area contributed by atoms with Gasteiger partial charge in [0.2, 0.25) is 0 Å². The Labute approximate surface area is 142 Å². The average molecular weight is 432 g/mol. The van der Waals surface area contributed by atoms with Crippen molar-refractivity contribution in [1.82, 2.24) is 0 Å². The van der Waals surface area contributed by atoms with Crippen LogP contribution < -0.4 is 0 Å². The maximum atomic E-state index is 12.3. The largest absolute Gasteiger partial charge is 0.228 e. The lowest BCUT2D eigenvalue weighted by atomic mass is 10.2. The van der Waals surface area contributed by atoms with Gasteiger partial charge in [0.05, 0.1) is 11.5 Å². The average Bonchev–Trinajstić information content (AvgIpc) is 2.48. The minimum Gasteiger partial charge on any atom is -0.228 e. The molecule has 0 atom stereocenters. The first kappa shape index (κ1) is 16.7. The highest BCUT2D eigenvalue weighted by molar-refractivity contribution is 9.08. The summed E-state index contributed by atoms with van der Waals surface area (Å²) in [5, 5.41) is 1.56. The van der Waals surface area contributed by atoms with E-state index in [2.05, 4.69) is 31.9 Å². The Bertz CT molecular complexity index is 622. The lowest BCUT2D eigenvalue weighted by Gasteiger charge is -2.06. The molecule has 0 aliphatic rings. The van der Waals surface area contributed by atoms with Crippen LogP contribution in [0.15, 0.2) is 48.5 Å². The van der Waals surface area contributed by atoms with Gasteiger partial charge in [-0.1, -0.05) is 80.4 Å². The number of rotatable bonds is 6. The van der Waals surface area contributed by atoms with Gasteiger partial charge in [0, 0.05) is 10.7 Å². The van der Waals surface area contributed by atoms with Crippen molar-refractivity contribution in [2.45, 2.75) is 22.2 Å². The van der Waals surface area contributed by atoms with Gasteiger partial charge in [-0.25, -0.2) is 8.42 Å². The highest BCUT2D eigenvalue weighted by atomic mass is 79.9. The van der Waals surface area contributed by atoms with E-state index >= 15 is 0 Å². The summed E-state index contributed by atoms with van der Waals surface area (Å²) in [7, 11) is -3.15. The van der Waals surface area contributed by atoms with Gasteiger partial charge in [-0.3, -0.25) is 0 Å². The van der Waals surface area contributed by atoms with Crippen LogP contribution >= 0.6 is 31.9 Å².